The average molecular weight is 277 g/mol. The van der Waals surface area contributed by atoms with Crippen LogP contribution in [-0.2, 0) is 20.7 Å². The monoisotopic (exact) mass is 277 g/mol. The summed E-state index contributed by atoms with van der Waals surface area (Å²) in [4.78, 5) is 11.6. The quantitative estimate of drug-likeness (QED) is 0.473. The lowest BCUT2D eigenvalue weighted by Crippen LogP contribution is -2.10. The van der Waals surface area contributed by atoms with Crippen molar-refractivity contribution in [2.24, 2.45) is 0 Å². The summed E-state index contributed by atoms with van der Waals surface area (Å²) in [6.45, 7) is 1.38. The van der Waals surface area contributed by atoms with Crippen LogP contribution in [0.15, 0.2) is 24.3 Å². The molecule has 1 saturated heterocycles. The molecule has 0 saturated carbocycles. The van der Waals surface area contributed by atoms with Crippen molar-refractivity contribution in [3.8, 4) is 0 Å². The third kappa shape index (κ3) is 5.21. The summed E-state index contributed by atoms with van der Waals surface area (Å²) in [5.41, 5.74) is 7.46. The topological polar surface area (TPSA) is 61.6 Å². The highest BCUT2D eigenvalue weighted by atomic mass is 16.5. The van der Waals surface area contributed by atoms with Crippen molar-refractivity contribution in [2.75, 3.05) is 18.9 Å². The molecular weight excluding hydrogens is 254 g/mol. The molecule has 0 aliphatic carbocycles. The fourth-order valence-corrected chi connectivity index (χ4v) is 2.37. The Morgan fingerprint density at radius 1 is 1.35 bits per heavy atom. The number of anilines is 1. The van der Waals surface area contributed by atoms with Crippen molar-refractivity contribution in [1.82, 2.24) is 0 Å². The lowest BCUT2D eigenvalue weighted by atomic mass is 10.1. The number of benzene rings is 1. The van der Waals surface area contributed by atoms with Crippen LogP contribution in [0.4, 0.5) is 5.69 Å². The van der Waals surface area contributed by atoms with Gasteiger partial charge in [0.05, 0.1) is 12.7 Å². The van der Waals surface area contributed by atoms with Gasteiger partial charge in [0.15, 0.2) is 0 Å². The molecule has 0 amide bonds. The molecule has 0 spiro atoms. The zero-order chi connectivity index (χ0) is 14.2. The number of hydrogen-bond acceptors (Lipinski definition) is 4. The Labute approximate surface area is 120 Å². The van der Waals surface area contributed by atoms with Gasteiger partial charge in [0, 0.05) is 18.7 Å². The molecule has 1 heterocycles. The van der Waals surface area contributed by atoms with Crippen LogP contribution in [-0.4, -0.2) is 25.3 Å². The Morgan fingerprint density at radius 3 is 2.85 bits per heavy atom. The Balaban J connectivity index is 1.54. The number of rotatable bonds is 7. The van der Waals surface area contributed by atoms with Crippen molar-refractivity contribution in [2.45, 2.75) is 44.6 Å². The maximum absolute atomic E-state index is 11.6. The van der Waals surface area contributed by atoms with Crippen molar-refractivity contribution >= 4 is 11.7 Å². The lowest BCUT2D eigenvalue weighted by molar-refractivity contribution is -0.143. The minimum absolute atomic E-state index is 0.130. The molecule has 1 aromatic carbocycles. The summed E-state index contributed by atoms with van der Waals surface area (Å²) in [7, 11) is 0. The van der Waals surface area contributed by atoms with Crippen molar-refractivity contribution in [3.63, 3.8) is 0 Å². The summed E-state index contributed by atoms with van der Waals surface area (Å²) in [5.74, 6) is -0.130. The number of hydrogen-bond donors (Lipinski definition) is 1. The molecule has 20 heavy (non-hydrogen) atoms. The van der Waals surface area contributed by atoms with Crippen LogP contribution in [0, 0.1) is 0 Å². The third-order valence-corrected chi connectivity index (χ3v) is 3.55. The molecule has 1 atom stereocenters. The highest BCUT2D eigenvalue weighted by Crippen LogP contribution is 2.16. The molecule has 4 heteroatoms. The van der Waals surface area contributed by atoms with E-state index in [1.54, 1.807) is 0 Å². The third-order valence-electron chi connectivity index (χ3n) is 3.55. The van der Waals surface area contributed by atoms with Crippen LogP contribution in [0.25, 0.3) is 0 Å². The van der Waals surface area contributed by atoms with Gasteiger partial charge in [0.1, 0.15) is 0 Å². The van der Waals surface area contributed by atoms with E-state index in [0.717, 1.165) is 43.5 Å². The Morgan fingerprint density at radius 2 is 2.15 bits per heavy atom. The lowest BCUT2D eigenvalue weighted by Gasteiger charge is -2.09. The predicted molar refractivity (Wildman–Crippen MR) is 78.3 cm³/mol. The van der Waals surface area contributed by atoms with E-state index in [1.807, 2.05) is 24.3 Å². The summed E-state index contributed by atoms with van der Waals surface area (Å²) in [6.07, 6.45) is 5.68. The molecule has 110 valence electrons. The second-order valence-electron chi connectivity index (χ2n) is 5.24. The van der Waals surface area contributed by atoms with E-state index in [4.69, 9.17) is 15.2 Å². The highest BCUT2D eigenvalue weighted by molar-refractivity contribution is 5.69. The van der Waals surface area contributed by atoms with Gasteiger partial charge in [-0.2, -0.15) is 0 Å². The number of aryl methyl sites for hydroxylation is 1. The summed E-state index contributed by atoms with van der Waals surface area (Å²) in [5, 5.41) is 0. The fraction of sp³-hybridized carbons (Fsp3) is 0.562. The van der Waals surface area contributed by atoms with Gasteiger partial charge in [-0.1, -0.05) is 12.1 Å². The van der Waals surface area contributed by atoms with E-state index in [-0.39, 0.29) is 5.97 Å². The predicted octanol–water partition coefficient (Wildman–Crippen LogP) is 2.70. The average Bonchev–Trinajstić information content (AvgIpc) is 2.96. The minimum atomic E-state index is -0.130. The number of nitrogen functional groups attached to an aromatic ring is 1. The molecule has 0 aromatic heterocycles. The van der Waals surface area contributed by atoms with Crippen LogP contribution in [0.5, 0.6) is 0 Å². The van der Waals surface area contributed by atoms with Crippen LogP contribution >= 0.6 is 0 Å². The van der Waals surface area contributed by atoms with E-state index in [9.17, 15) is 4.79 Å². The molecule has 2 N–H and O–H groups in total. The maximum atomic E-state index is 11.6. The van der Waals surface area contributed by atoms with Crippen LogP contribution in [0.3, 0.4) is 0 Å². The van der Waals surface area contributed by atoms with Gasteiger partial charge in [-0.05, 0) is 49.8 Å². The molecule has 1 aliphatic heterocycles. The second kappa shape index (κ2) is 7.90. The number of carbonyl (C=O) groups is 1. The first-order valence-electron chi connectivity index (χ1n) is 7.35. The molecular formula is C16H23NO3. The van der Waals surface area contributed by atoms with Gasteiger partial charge in [0.2, 0.25) is 0 Å². The van der Waals surface area contributed by atoms with E-state index in [1.165, 1.54) is 0 Å². The van der Waals surface area contributed by atoms with Crippen molar-refractivity contribution in [1.29, 1.82) is 0 Å². The van der Waals surface area contributed by atoms with Gasteiger partial charge in [-0.25, -0.2) is 0 Å². The van der Waals surface area contributed by atoms with Gasteiger partial charge in [-0.3, -0.25) is 4.79 Å². The molecule has 1 aromatic rings. The van der Waals surface area contributed by atoms with Crippen molar-refractivity contribution < 1.29 is 14.3 Å². The van der Waals surface area contributed by atoms with Crippen LogP contribution in [0.2, 0.25) is 0 Å². The zero-order valence-electron chi connectivity index (χ0n) is 11.8. The minimum Gasteiger partial charge on any atom is -0.466 e. The molecule has 1 aliphatic rings. The first-order chi connectivity index (χ1) is 9.74. The standard InChI is InChI=1S/C16H23NO3/c17-14-8-5-13(6-9-14)7-10-16(18)20-12-2-4-15-3-1-11-19-15/h5-6,8-9,15H,1-4,7,10-12,17H2. The molecule has 0 bridgehead atoms. The van der Waals surface area contributed by atoms with E-state index < -0.39 is 0 Å². The largest absolute Gasteiger partial charge is 0.466 e. The van der Waals surface area contributed by atoms with Crippen LogP contribution < -0.4 is 5.73 Å². The summed E-state index contributed by atoms with van der Waals surface area (Å²) in [6, 6.07) is 7.59. The second-order valence-corrected chi connectivity index (χ2v) is 5.24. The van der Waals surface area contributed by atoms with Crippen molar-refractivity contribution in [3.05, 3.63) is 29.8 Å². The van der Waals surface area contributed by atoms with E-state index >= 15 is 0 Å². The number of carbonyl (C=O) groups excluding carboxylic acids is 1. The number of esters is 1. The number of nitrogens with two attached hydrogens (primary N) is 1. The molecule has 2 rings (SSSR count). The Bertz CT molecular complexity index is 410. The Kier molecular flexibility index (Phi) is 5.87. The molecule has 1 unspecified atom stereocenters. The first kappa shape index (κ1) is 14.9. The van der Waals surface area contributed by atoms with Gasteiger partial charge < -0.3 is 15.2 Å². The summed E-state index contributed by atoms with van der Waals surface area (Å²) >= 11 is 0. The molecule has 0 radical (unpaired) electrons. The van der Waals surface area contributed by atoms with Gasteiger partial charge >= 0.3 is 5.97 Å². The summed E-state index contributed by atoms with van der Waals surface area (Å²) < 4.78 is 10.8. The highest BCUT2D eigenvalue weighted by Gasteiger charge is 2.14. The van der Waals surface area contributed by atoms with E-state index in [2.05, 4.69) is 0 Å². The molecule has 4 nitrogen and oxygen atoms in total. The SMILES string of the molecule is Nc1ccc(CCC(=O)OCCCC2CCCO2)cc1. The Hall–Kier alpha value is -1.55. The van der Waals surface area contributed by atoms with E-state index in [0.29, 0.717) is 25.6 Å². The zero-order valence-corrected chi connectivity index (χ0v) is 11.8. The maximum Gasteiger partial charge on any atom is 0.306 e. The molecule has 1 fully saturated rings. The normalized spacial score (nSPS) is 18.1. The number of ether oxygens (including phenoxy) is 2. The van der Waals surface area contributed by atoms with Gasteiger partial charge in [-0.15, -0.1) is 0 Å². The first-order valence-corrected chi connectivity index (χ1v) is 7.35. The van der Waals surface area contributed by atoms with Gasteiger partial charge in [0.25, 0.3) is 0 Å². The van der Waals surface area contributed by atoms with Crippen LogP contribution in [0.1, 0.15) is 37.7 Å². The fourth-order valence-electron chi connectivity index (χ4n) is 2.37. The smallest absolute Gasteiger partial charge is 0.306 e.